The molecule has 0 heterocycles. The van der Waals surface area contributed by atoms with Crippen LogP contribution >= 0.6 is 0 Å². The highest BCUT2D eigenvalue weighted by atomic mass is 16.1. The maximum absolute atomic E-state index is 11.9. The van der Waals surface area contributed by atoms with Crippen LogP contribution in [-0.2, 0) is 4.79 Å². The molecule has 14 heavy (non-hydrogen) atoms. The number of hydrogen-bond acceptors (Lipinski definition) is 2. The second kappa shape index (κ2) is 5.50. The van der Waals surface area contributed by atoms with Gasteiger partial charge in [0.05, 0.1) is 6.04 Å². The zero-order valence-electron chi connectivity index (χ0n) is 9.46. The molecule has 1 fully saturated rings. The number of Topliss-reactive ketones (excluding diaryl/α,β-unsaturated/α-hetero) is 1. The van der Waals surface area contributed by atoms with Gasteiger partial charge in [0.25, 0.3) is 0 Å². The third kappa shape index (κ3) is 2.81. The van der Waals surface area contributed by atoms with Gasteiger partial charge in [-0.25, -0.2) is 0 Å². The molecule has 0 aromatic carbocycles. The largest absolute Gasteiger partial charge is 0.322 e. The molecular weight excluding hydrogens is 174 g/mol. The molecule has 0 saturated heterocycles. The van der Waals surface area contributed by atoms with Gasteiger partial charge >= 0.3 is 0 Å². The molecule has 0 bridgehead atoms. The lowest BCUT2D eigenvalue weighted by Crippen LogP contribution is -2.37. The average molecular weight is 197 g/mol. The van der Waals surface area contributed by atoms with E-state index in [-0.39, 0.29) is 12.0 Å². The van der Waals surface area contributed by atoms with Crippen molar-refractivity contribution in [2.24, 2.45) is 17.6 Å². The molecule has 82 valence electrons. The molecule has 1 saturated carbocycles. The van der Waals surface area contributed by atoms with E-state index in [9.17, 15) is 4.79 Å². The van der Waals surface area contributed by atoms with Crippen LogP contribution in [0.15, 0.2) is 0 Å². The molecule has 1 rings (SSSR count). The molecular formula is C12H23NO. The SMILES string of the molecule is CCC1CCCC(C(=O)C(N)CC)C1. The smallest absolute Gasteiger partial charge is 0.152 e. The van der Waals surface area contributed by atoms with Crippen molar-refractivity contribution in [1.82, 2.24) is 0 Å². The average Bonchev–Trinajstić information content (AvgIpc) is 2.27. The number of hydrogen-bond donors (Lipinski definition) is 1. The second-order valence-electron chi connectivity index (χ2n) is 4.55. The Labute approximate surface area is 87.2 Å². The molecule has 0 aliphatic heterocycles. The molecule has 0 aromatic rings. The van der Waals surface area contributed by atoms with Crippen molar-refractivity contribution in [3.63, 3.8) is 0 Å². The van der Waals surface area contributed by atoms with Crippen LogP contribution in [0.5, 0.6) is 0 Å². The van der Waals surface area contributed by atoms with Crippen molar-refractivity contribution in [1.29, 1.82) is 0 Å². The fraction of sp³-hybridized carbons (Fsp3) is 0.917. The molecule has 1 aliphatic rings. The van der Waals surface area contributed by atoms with Crippen molar-refractivity contribution in [3.8, 4) is 0 Å². The van der Waals surface area contributed by atoms with Gasteiger partial charge < -0.3 is 5.73 Å². The zero-order chi connectivity index (χ0) is 10.6. The van der Waals surface area contributed by atoms with E-state index in [0.717, 1.165) is 25.2 Å². The van der Waals surface area contributed by atoms with E-state index in [4.69, 9.17) is 5.73 Å². The third-order valence-corrected chi connectivity index (χ3v) is 3.57. The number of ketones is 1. The molecule has 0 spiro atoms. The van der Waals surface area contributed by atoms with Crippen LogP contribution < -0.4 is 5.73 Å². The first-order valence-corrected chi connectivity index (χ1v) is 5.98. The molecule has 2 N–H and O–H groups in total. The molecule has 2 heteroatoms. The lowest BCUT2D eigenvalue weighted by Gasteiger charge is -2.28. The molecule has 1 aliphatic carbocycles. The summed E-state index contributed by atoms with van der Waals surface area (Å²) >= 11 is 0. The van der Waals surface area contributed by atoms with E-state index in [1.807, 2.05) is 6.92 Å². The Bertz CT molecular complexity index is 191. The van der Waals surface area contributed by atoms with Crippen molar-refractivity contribution in [2.45, 2.75) is 58.4 Å². The van der Waals surface area contributed by atoms with Crippen molar-refractivity contribution >= 4 is 5.78 Å². The standard InChI is InChI=1S/C12H23NO/c1-3-9-6-5-7-10(8-9)12(14)11(13)4-2/h9-11H,3-8,13H2,1-2H3. The lowest BCUT2D eigenvalue weighted by atomic mass is 9.77. The minimum atomic E-state index is -0.212. The first kappa shape index (κ1) is 11.7. The Balaban J connectivity index is 2.47. The van der Waals surface area contributed by atoms with E-state index in [1.165, 1.54) is 19.3 Å². The summed E-state index contributed by atoms with van der Waals surface area (Å²) in [5.41, 5.74) is 5.78. The number of carbonyl (C=O) groups is 1. The quantitative estimate of drug-likeness (QED) is 0.752. The van der Waals surface area contributed by atoms with Gasteiger partial charge in [0, 0.05) is 5.92 Å². The lowest BCUT2D eigenvalue weighted by molar-refractivity contribution is -0.125. The van der Waals surface area contributed by atoms with Gasteiger partial charge in [-0.1, -0.05) is 33.1 Å². The van der Waals surface area contributed by atoms with Crippen molar-refractivity contribution in [3.05, 3.63) is 0 Å². The van der Waals surface area contributed by atoms with Crippen LogP contribution in [0.2, 0.25) is 0 Å². The van der Waals surface area contributed by atoms with Crippen LogP contribution in [0, 0.1) is 11.8 Å². The summed E-state index contributed by atoms with van der Waals surface area (Å²) in [7, 11) is 0. The summed E-state index contributed by atoms with van der Waals surface area (Å²) in [4.78, 5) is 11.9. The molecule has 0 aromatic heterocycles. The van der Waals surface area contributed by atoms with Gasteiger partial charge in [-0.15, -0.1) is 0 Å². The van der Waals surface area contributed by atoms with Gasteiger partial charge in [-0.2, -0.15) is 0 Å². The molecule has 3 unspecified atom stereocenters. The fourth-order valence-corrected chi connectivity index (χ4v) is 2.42. The van der Waals surface area contributed by atoms with Crippen molar-refractivity contribution < 1.29 is 4.79 Å². The topological polar surface area (TPSA) is 43.1 Å². The normalized spacial score (nSPS) is 29.9. The van der Waals surface area contributed by atoms with Crippen molar-refractivity contribution in [2.75, 3.05) is 0 Å². The van der Waals surface area contributed by atoms with E-state index in [0.29, 0.717) is 5.78 Å². The van der Waals surface area contributed by atoms with Crippen LogP contribution in [0.1, 0.15) is 52.4 Å². The first-order chi connectivity index (χ1) is 6.69. The molecule has 3 atom stereocenters. The number of carbonyl (C=O) groups excluding carboxylic acids is 1. The van der Waals surface area contributed by atoms with Gasteiger partial charge in [0.15, 0.2) is 5.78 Å². The Morgan fingerprint density at radius 3 is 2.71 bits per heavy atom. The van der Waals surface area contributed by atoms with Gasteiger partial charge in [0.2, 0.25) is 0 Å². The maximum Gasteiger partial charge on any atom is 0.152 e. The minimum absolute atomic E-state index is 0.212. The summed E-state index contributed by atoms with van der Waals surface area (Å²) < 4.78 is 0. The number of nitrogens with two attached hydrogens (primary N) is 1. The maximum atomic E-state index is 11.9. The van der Waals surface area contributed by atoms with E-state index in [2.05, 4.69) is 6.92 Å². The molecule has 0 radical (unpaired) electrons. The van der Waals surface area contributed by atoms with Crippen LogP contribution in [-0.4, -0.2) is 11.8 Å². The first-order valence-electron chi connectivity index (χ1n) is 5.98. The fourth-order valence-electron chi connectivity index (χ4n) is 2.42. The summed E-state index contributed by atoms with van der Waals surface area (Å²) in [6, 6.07) is -0.212. The third-order valence-electron chi connectivity index (χ3n) is 3.57. The van der Waals surface area contributed by atoms with Crippen LogP contribution in [0.4, 0.5) is 0 Å². The highest BCUT2D eigenvalue weighted by Crippen LogP contribution is 2.31. The Kier molecular flexibility index (Phi) is 4.59. The molecule has 0 amide bonds. The predicted molar refractivity (Wildman–Crippen MR) is 59.0 cm³/mol. The molecule has 2 nitrogen and oxygen atoms in total. The van der Waals surface area contributed by atoms with Gasteiger partial charge in [-0.3, -0.25) is 4.79 Å². The van der Waals surface area contributed by atoms with Gasteiger partial charge in [0.1, 0.15) is 0 Å². The van der Waals surface area contributed by atoms with Crippen LogP contribution in [0.3, 0.4) is 0 Å². The van der Waals surface area contributed by atoms with E-state index < -0.39 is 0 Å². The Hall–Kier alpha value is -0.370. The highest BCUT2D eigenvalue weighted by molar-refractivity contribution is 5.86. The number of rotatable bonds is 4. The van der Waals surface area contributed by atoms with Gasteiger partial charge in [-0.05, 0) is 25.2 Å². The summed E-state index contributed by atoms with van der Waals surface area (Å²) in [5, 5.41) is 0. The predicted octanol–water partition coefficient (Wildman–Crippen LogP) is 2.51. The van der Waals surface area contributed by atoms with Crippen LogP contribution in [0.25, 0.3) is 0 Å². The van der Waals surface area contributed by atoms with E-state index in [1.54, 1.807) is 0 Å². The summed E-state index contributed by atoms with van der Waals surface area (Å²) in [5.74, 6) is 1.34. The minimum Gasteiger partial charge on any atom is -0.322 e. The zero-order valence-corrected chi connectivity index (χ0v) is 9.46. The highest BCUT2D eigenvalue weighted by Gasteiger charge is 2.28. The van der Waals surface area contributed by atoms with E-state index >= 15 is 0 Å². The summed E-state index contributed by atoms with van der Waals surface area (Å²) in [6.07, 6.45) is 6.68. The Morgan fingerprint density at radius 2 is 2.14 bits per heavy atom. The monoisotopic (exact) mass is 197 g/mol. The second-order valence-corrected chi connectivity index (χ2v) is 4.55. The Morgan fingerprint density at radius 1 is 1.43 bits per heavy atom. The summed E-state index contributed by atoms with van der Waals surface area (Å²) in [6.45, 7) is 4.21.